The first kappa shape index (κ1) is 20.7. The van der Waals surface area contributed by atoms with Gasteiger partial charge >= 0.3 is 0 Å². The van der Waals surface area contributed by atoms with E-state index in [1.54, 1.807) is 60.7 Å². The summed E-state index contributed by atoms with van der Waals surface area (Å²) in [5.74, 6) is 0.570. The summed E-state index contributed by atoms with van der Waals surface area (Å²) >= 11 is 0. The molecule has 0 spiro atoms. The van der Waals surface area contributed by atoms with Crippen molar-refractivity contribution in [2.75, 3.05) is 13.2 Å². The monoisotopic (exact) mass is 413 g/mol. The molecule has 3 rings (SSSR count). The molecule has 0 aliphatic rings. The number of rotatable bonds is 8. The van der Waals surface area contributed by atoms with Crippen molar-refractivity contribution >= 4 is 15.7 Å². The number of carbonyl (C=O) groups is 1. The highest BCUT2D eigenvalue weighted by Crippen LogP contribution is 2.29. The average Bonchev–Trinajstić information content (AvgIpc) is 3.23. The molecule has 1 N–H and O–H groups in total. The molecule has 0 aliphatic heterocycles. The molecule has 0 bridgehead atoms. The van der Waals surface area contributed by atoms with Crippen LogP contribution in [0.25, 0.3) is 0 Å². The number of carbonyl (C=O) groups excluding carboxylic acids is 1. The second-order valence-corrected chi connectivity index (χ2v) is 8.66. The van der Waals surface area contributed by atoms with Gasteiger partial charge in [0.25, 0.3) is 5.91 Å². The second kappa shape index (κ2) is 8.96. The van der Waals surface area contributed by atoms with Gasteiger partial charge < -0.3 is 14.5 Å². The largest absolute Gasteiger partial charge is 0.494 e. The number of furan rings is 1. The van der Waals surface area contributed by atoms with Gasteiger partial charge in [-0.2, -0.15) is 0 Å². The summed E-state index contributed by atoms with van der Waals surface area (Å²) < 4.78 is 37.1. The van der Waals surface area contributed by atoms with E-state index in [9.17, 15) is 13.2 Å². The van der Waals surface area contributed by atoms with Crippen molar-refractivity contribution in [3.8, 4) is 5.75 Å². The fourth-order valence-corrected chi connectivity index (χ4v) is 4.47. The van der Waals surface area contributed by atoms with Gasteiger partial charge in [0.2, 0.25) is 0 Å². The molecule has 2 aromatic carbocycles. The molecule has 6 nitrogen and oxygen atoms in total. The molecule has 1 heterocycles. The number of sulfone groups is 1. The zero-order valence-electron chi connectivity index (χ0n) is 16.3. The number of benzene rings is 2. The Hall–Kier alpha value is -3.06. The molecule has 1 amide bonds. The van der Waals surface area contributed by atoms with Gasteiger partial charge in [-0.25, -0.2) is 8.42 Å². The highest BCUT2D eigenvalue weighted by molar-refractivity contribution is 7.91. The van der Waals surface area contributed by atoms with E-state index in [0.717, 1.165) is 5.56 Å². The van der Waals surface area contributed by atoms with Crippen molar-refractivity contribution in [2.45, 2.75) is 24.0 Å². The molecule has 0 aliphatic carbocycles. The third kappa shape index (κ3) is 4.86. The molecule has 0 unspecified atom stereocenters. The minimum Gasteiger partial charge on any atom is -0.494 e. The topological polar surface area (TPSA) is 85.6 Å². The first-order valence-corrected chi connectivity index (χ1v) is 10.8. The second-order valence-electron chi connectivity index (χ2n) is 6.53. The number of ether oxygens (including phenoxy) is 1. The molecule has 29 heavy (non-hydrogen) atoms. The summed E-state index contributed by atoms with van der Waals surface area (Å²) in [5, 5.41) is 1.67. The van der Waals surface area contributed by atoms with Gasteiger partial charge in [-0.05, 0) is 62.4 Å². The fraction of sp³-hybridized carbons (Fsp3) is 0.227. The fourth-order valence-electron chi connectivity index (χ4n) is 2.89. The molecular weight excluding hydrogens is 390 g/mol. The Morgan fingerprint density at radius 3 is 2.34 bits per heavy atom. The number of amides is 1. The van der Waals surface area contributed by atoms with Crippen LogP contribution in [0.1, 0.15) is 33.9 Å². The van der Waals surface area contributed by atoms with Crippen molar-refractivity contribution in [3.63, 3.8) is 0 Å². The van der Waals surface area contributed by atoms with Gasteiger partial charge in [0.1, 0.15) is 16.8 Å². The summed E-state index contributed by atoms with van der Waals surface area (Å²) in [6.45, 7) is 4.18. The van der Waals surface area contributed by atoms with E-state index >= 15 is 0 Å². The van der Waals surface area contributed by atoms with Crippen LogP contribution >= 0.6 is 0 Å². The Morgan fingerprint density at radius 1 is 1.07 bits per heavy atom. The quantitative estimate of drug-likeness (QED) is 0.605. The van der Waals surface area contributed by atoms with Gasteiger partial charge in [-0.3, -0.25) is 4.79 Å². The molecule has 7 heteroatoms. The summed E-state index contributed by atoms with van der Waals surface area (Å²) in [6.07, 6.45) is 1.42. The Balaban J connectivity index is 1.80. The lowest BCUT2D eigenvalue weighted by Crippen LogP contribution is -2.31. The maximum absolute atomic E-state index is 13.2. The number of hydrogen-bond donors (Lipinski definition) is 1. The zero-order chi connectivity index (χ0) is 20.9. The maximum atomic E-state index is 13.2. The minimum absolute atomic E-state index is 0.115. The van der Waals surface area contributed by atoms with E-state index in [-0.39, 0.29) is 23.1 Å². The lowest BCUT2D eigenvalue weighted by atomic mass is 10.2. The average molecular weight is 413 g/mol. The Morgan fingerprint density at radius 2 is 1.76 bits per heavy atom. The molecule has 0 radical (unpaired) electrons. The Kier molecular flexibility index (Phi) is 6.39. The SMILES string of the molecule is CCOc1ccc(C(=O)NC[C@H](c2ccco2)S(=O)(=O)c2ccc(C)cc2)cc1. The molecule has 0 fully saturated rings. The van der Waals surface area contributed by atoms with Crippen LogP contribution in [0, 0.1) is 6.92 Å². The van der Waals surface area contributed by atoms with Crippen LogP contribution in [0.5, 0.6) is 5.75 Å². The van der Waals surface area contributed by atoms with E-state index < -0.39 is 15.1 Å². The lowest BCUT2D eigenvalue weighted by molar-refractivity contribution is 0.0953. The summed E-state index contributed by atoms with van der Waals surface area (Å²) in [5.41, 5.74) is 1.38. The highest BCUT2D eigenvalue weighted by atomic mass is 32.2. The summed E-state index contributed by atoms with van der Waals surface area (Å²) in [7, 11) is -3.76. The standard InChI is InChI=1S/C22H23NO5S/c1-3-27-18-10-8-17(9-11-18)22(24)23-15-21(20-5-4-14-28-20)29(25,26)19-12-6-16(2)7-13-19/h4-14,21H,3,15H2,1-2H3,(H,23,24)/t21-/m1/s1. The Labute approximate surface area is 170 Å². The molecule has 3 aromatic rings. The predicted octanol–water partition coefficient (Wildman–Crippen LogP) is 3.93. The van der Waals surface area contributed by atoms with Gasteiger partial charge in [0.05, 0.1) is 17.8 Å². The van der Waals surface area contributed by atoms with E-state index in [0.29, 0.717) is 17.9 Å². The zero-order valence-corrected chi connectivity index (χ0v) is 17.1. The molecule has 0 saturated carbocycles. The molecule has 1 atom stereocenters. The van der Waals surface area contributed by atoms with Crippen LogP contribution in [-0.2, 0) is 9.84 Å². The van der Waals surface area contributed by atoms with Crippen molar-refractivity contribution < 1.29 is 22.4 Å². The van der Waals surface area contributed by atoms with E-state index in [1.165, 1.54) is 6.26 Å². The van der Waals surface area contributed by atoms with Crippen molar-refractivity contribution in [1.29, 1.82) is 0 Å². The smallest absolute Gasteiger partial charge is 0.251 e. The van der Waals surface area contributed by atoms with Gasteiger partial charge in [-0.15, -0.1) is 0 Å². The highest BCUT2D eigenvalue weighted by Gasteiger charge is 2.31. The van der Waals surface area contributed by atoms with Crippen LogP contribution in [0.4, 0.5) is 0 Å². The molecular formula is C22H23NO5S. The van der Waals surface area contributed by atoms with Crippen molar-refractivity contribution in [3.05, 3.63) is 83.8 Å². The number of hydrogen-bond acceptors (Lipinski definition) is 5. The molecule has 1 aromatic heterocycles. The lowest BCUT2D eigenvalue weighted by Gasteiger charge is -2.17. The van der Waals surface area contributed by atoms with Crippen LogP contribution in [-0.4, -0.2) is 27.5 Å². The molecule has 152 valence electrons. The van der Waals surface area contributed by atoms with Gasteiger partial charge in [0, 0.05) is 12.1 Å². The third-order valence-electron chi connectivity index (χ3n) is 4.46. The van der Waals surface area contributed by atoms with Crippen LogP contribution < -0.4 is 10.1 Å². The van der Waals surface area contributed by atoms with Crippen LogP contribution in [0.15, 0.2) is 76.2 Å². The number of aryl methyl sites for hydroxylation is 1. The first-order chi connectivity index (χ1) is 13.9. The normalized spacial score (nSPS) is 12.3. The summed E-state index contributed by atoms with van der Waals surface area (Å²) in [6, 6.07) is 16.5. The molecule has 0 saturated heterocycles. The van der Waals surface area contributed by atoms with Gasteiger partial charge in [-0.1, -0.05) is 17.7 Å². The minimum atomic E-state index is -3.76. The van der Waals surface area contributed by atoms with Crippen molar-refractivity contribution in [2.24, 2.45) is 0 Å². The van der Waals surface area contributed by atoms with Crippen LogP contribution in [0.2, 0.25) is 0 Å². The van der Waals surface area contributed by atoms with Gasteiger partial charge in [0.15, 0.2) is 9.84 Å². The van der Waals surface area contributed by atoms with E-state index in [2.05, 4.69) is 5.32 Å². The third-order valence-corrected chi connectivity index (χ3v) is 6.54. The Bertz CT molecular complexity index is 1040. The van der Waals surface area contributed by atoms with Crippen LogP contribution in [0.3, 0.4) is 0 Å². The maximum Gasteiger partial charge on any atom is 0.251 e. The number of nitrogens with one attached hydrogen (secondary N) is 1. The first-order valence-electron chi connectivity index (χ1n) is 9.27. The van der Waals surface area contributed by atoms with E-state index in [4.69, 9.17) is 9.15 Å². The predicted molar refractivity (Wildman–Crippen MR) is 110 cm³/mol. The summed E-state index contributed by atoms with van der Waals surface area (Å²) in [4.78, 5) is 12.7. The van der Waals surface area contributed by atoms with E-state index in [1.807, 2.05) is 13.8 Å². The van der Waals surface area contributed by atoms with Crippen molar-refractivity contribution in [1.82, 2.24) is 5.32 Å².